The van der Waals surface area contributed by atoms with Crippen LogP contribution in [0, 0.1) is 6.92 Å². The van der Waals surface area contributed by atoms with Gasteiger partial charge >= 0.3 is 11.6 Å². The number of rotatable bonds is 6. The highest BCUT2D eigenvalue weighted by molar-refractivity contribution is 5.97. The molecule has 6 heteroatoms. The van der Waals surface area contributed by atoms with E-state index in [1.54, 1.807) is 18.2 Å². The van der Waals surface area contributed by atoms with Crippen LogP contribution in [-0.2, 0) is 4.79 Å². The van der Waals surface area contributed by atoms with Gasteiger partial charge in [-0.05, 0) is 50.1 Å². The maximum Gasteiger partial charge on any atom is 0.349 e. The van der Waals surface area contributed by atoms with Gasteiger partial charge in [0.2, 0.25) is 0 Å². The van der Waals surface area contributed by atoms with Gasteiger partial charge in [-0.3, -0.25) is 4.79 Å². The van der Waals surface area contributed by atoms with Crippen LogP contribution in [0.25, 0.3) is 17.0 Å². The predicted octanol–water partition coefficient (Wildman–Crippen LogP) is 4.25. The number of amides is 1. The summed E-state index contributed by atoms with van der Waals surface area (Å²) in [6.45, 7) is 5.78. The van der Waals surface area contributed by atoms with Crippen molar-refractivity contribution in [3.8, 4) is 5.75 Å². The fourth-order valence-electron chi connectivity index (χ4n) is 2.71. The number of aryl methyl sites for hydroxylation is 1. The first-order valence-corrected chi connectivity index (χ1v) is 9.71. The summed E-state index contributed by atoms with van der Waals surface area (Å²) in [5.41, 5.74) is 1.44. The van der Waals surface area contributed by atoms with Gasteiger partial charge < -0.3 is 14.5 Å². The Morgan fingerprint density at radius 2 is 1.87 bits per heavy atom. The summed E-state index contributed by atoms with van der Waals surface area (Å²) in [6.07, 6.45) is 3.73. The summed E-state index contributed by atoms with van der Waals surface area (Å²) in [7, 11) is 0. The van der Waals surface area contributed by atoms with E-state index in [-0.39, 0.29) is 22.9 Å². The lowest BCUT2D eigenvalue weighted by Gasteiger charge is -2.11. The van der Waals surface area contributed by atoms with Crippen molar-refractivity contribution in [1.29, 1.82) is 0 Å². The van der Waals surface area contributed by atoms with E-state index >= 15 is 0 Å². The quantitative estimate of drug-likeness (QED) is 0.287. The molecular weight excluding hydrogens is 382 g/mol. The minimum Gasteiger partial charge on any atom is -0.423 e. The van der Waals surface area contributed by atoms with Crippen LogP contribution in [0.3, 0.4) is 0 Å². The Morgan fingerprint density at radius 3 is 2.57 bits per heavy atom. The van der Waals surface area contributed by atoms with Gasteiger partial charge in [0.15, 0.2) is 0 Å². The Morgan fingerprint density at radius 1 is 1.13 bits per heavy atom. The molecule has 6 nitrogen and oxygen atoms in total. The van der Waals surface area contributed by atoms with Crippen molar-refractivity contribution in [3.63, 3.8) is 0 Å². The zero-order chi connectivity index (χ0) is 21.7. The van der Waals surface area contributed by atoms with E-state index in [0.717, 1.165) is 17.5 Å². The maximum atomic E-state index is 12.3. The average Bonchev–Trinajstić information content (AvgIpc) is 2.72. The Kier molecular flexibility index (Phi) is 6.47. The molecule has 1 aromatic heterocycles. The molecule has 1 amide bonds. The SMILES string of the molecule is CCC(C)NC(=O)c1cc2ccc(OC(=O)/C=C/c3ccc(C)cc3)cc2oc1=O. The average molecular weight is 405 g/mol. The summed E-state index contributed by atoms with van der Waals surface area (Å²) >= 11 is 0. The minimum atomic E-state index is -0.744. The standard InChI is InChI=1S/C24H23NO5/c1-4-16(3)25-23(27)20-13-18-10-11-19(14-21(18)30-24(20)28)29-22(26)12-9-17-7-5-15(2)6-8-17/h5-14,16H,4H2,1-3H3,(H,25,27)/b12-9+. The highest BCUT2D eigenvalue weighted by Crippen LogP contribution is 2.21. The van der Waals surface area contributed by atoms with Gasteiger partial charge in [-0.1, -0.05) is 36.8 Å². The fourth-order valence-corrected chi connectivity index (χ4v) is 2.71. The topological polar surface area (TPSA) is 85.6 Å². The van der Waals surface area contributed by atoms with E-state index in [4.69, 9.17) is 9.15 Å². The molecule has 0 aliphatic heterocycles. The number of ether oxygens (including phenoxy) is 1. The van der Waals surface area contributed by atoms with E-state index in [0.29, 0.717) is 5.39 Å². The molecule has 30 heavy (non-hydrogen) atoms. The van der Waals surface area contributed by atoms with E-state index in [2.05, 4.69) is 5.32 Å². The number of hydrogen-bond acceptors (Lipinski definition) is 5. The van der Waals surface area contributed by atoms with Crippen LogP contribution in [0.1, 0.15) is 41.8 Å². The molecule has 0 bridgehead atoms. The summed E-state index contributed by atoms with van der Waals surface area (Å²) in [4.78, 5) is 36.5. The predicted molar refractivity (Wildman–Crippen MR) is 116 cm³/mol. The first-order chi connectivity index (χ1) is 14.4. The highest BCUT2D eigenvalue weighted by atomic mass is 16.5. The minimum absolute atomic E-state index is 0.0534. The molecule has 1 unspecified atom stereocenters. The molecule has 0 aliphatic rings. The number of hydrogen-bond donors (Lipinski definition) is 1. The smallest absolute Gasteiger partial charge is 0.349 e. The van der Waals surface area contributed by atoms with E-state index in [1.165, 1.54) is 18.2 Å². The molecule has 1 N–H and O–H groups in total. The van der Waals surface area contributed by atoms with Crippen molar-refractivity contribution >= 4 is 28.9 Å². The third-order valence-electron chi connectivity index (χ3n) is 4.65. The number of carbonyl (C=O) groups excluding carboxylic acids is 2. The maximum absolute atomic E-state index is 12.3. The lowest BCUT2D eigenvalue weighted by molar-refractivity contribution is -0.128. The molecule has 0 aliphatic carbocycles. The van der Waals surface area contributed by atoms with Crippen LogP contribution in [0.15, 0.2) is 63.8 Å². The van der Waals surface area contributed by atoms with E-state index in [9.17, 15) is 14.4 Å². The number of fused-ring (bicyclic) bond motifs is 1. The third-order valence-corrected chi connectivity index (χ3v) is 4.65. The number of nitrogens with one attached hydrogen (secondary N) is 1. The van der Waals surface area contributed by atoms with Crippen LogP contribution in [0.4, 0.5) is 0 Å². The molecule has 3 rings (SSSR count). The zero-order valence-electron chi connectivity index (χ0n) is 17.1. The van der Waals surface area contributed by atoms with Crippen molar-refractivity contribution in [3.05, 3.63) is 81.7 Å². The van der Waals surface area contributed by atoms with Crippen LogP contribution in [-0.4, -0.2) is 17.9 Å². The summed E-state index contributed by atoms with van der Waals surface area (Å²) < 4.78 is 10.6. The molecule has 1 atom stereocenters. The lowest BCUT2D eigenvalue weighted by atomic mass is 10.1. The van der Waals surface area contributed by atoms with Gasteiger partial charge in [0, 0.05) is 23.6 Å². The number of benzene rings is 2. The van der Waals surface area contributed by atoms with Gasteiger partial charge in [0.1, 0.15) is 16.9 Å². The van der Waals surface area contributed by atoms with Crippen LogP contribution < -0.4 is 15.7 Å². The molecule has 0 spiro atoms. The first kappa shape index (κ1) is 21.0. The second-order valence-corrected chi connectivity index (χ2v) is 7.10. The summed E-state index contributed by atoms with van der Waals surface area (Å²) in [5.74, 6) is -0.792. The van der Waals surface area contributed by atoms with E-state index in [1.807, 2.05) is 45.0 Å². The molecule has 2 aromatic carbocycles. The molecule has 0 saturated heterocycles. The molecule has 0 saturated carbocycles. The summed E-state index contributed by atoms with van der Waals surface area (Å²) in [5, 5.41) is 3.30. The zero-order valence-corrected chi connectivity index (χ0v) is 17.1. The van der Waals surface area contributed by atoms with Crippen molar-refractivity contribution in [2.45, 2.75) is 33.2 Å². The van der Waals surface area contributed by atoms with Crippen molar-refractivity contribution in [1.82, 2.24) is 5.32 Å². The van der Waals surface area contributed by atoms with E-state index < -0.39 is 17.5 Å². The normalized spacial score (nSPS) is 12.1. The second kappa shape index (κ2) is 9.22. The molecular formula is C24H23NO5. The van der Waals surface area contributed by atoms with Crippen molar-refractivity contribution in [2.75, 3.05) is 0 Å². The van der Waals surface area contributed by atoms with Crippen LogP contribution in [0.2, 0.25) is 0 Å². The largest absolute Gasteiger partial charge is 0.423 e. The number of carbonyl (C=O) groups is 2. The molecule has 0 fully saturated rings. The Bertz CT molecular complexity index is 1160. The number of esters is 1. The first-order valence-electron chi connectivity index (χ1n) is 9.71. The van der Waals surface area contributed by atoms with Crippen molar-refractivity contribution < 1.29 is 18.7 Å². The molecule has 3 aromatic rings. The monoisotopic (exact) mass is 405 g/mol. The van der Waals surface area contributed by atoms with Gasteiger partial charge in [0.25, 0.3) is 5.91 Å². The van der Waals surface area contributed by atoms with Crippen LogP contribution >= 0.6 is 0 Å². The van der Waals surface area contributed by atoms with Crippen molar-refractivity contribution in [2.24, 2.45) is 0 Å². The molecule has 154 valence electrons. The Balaban J connectivity index is 1.76. The molecule has 0 radical (unpaired) electrons. The fraction of sp³-hybridized carbons (Fsp3) is 0.208. The highest BCUT2D eigenvalue weighted by Gasteiger charge is 2.15. The molecule has 1 heterocycles. The Hall–Kier alpha value is -3.67. The second-order valence-electron chi connectivity index (χ2n) is 7.10. The third kappa shape index (κ3) is 5.23. The van der Waals surface area contributed by atoms with Gasteiger partial charge in [-0.25, -0.2) is 9.59 Å². The Labute approximate surface area is 174 Å². The van der Waals surface area contributed by atoms with Gasteiger partial charge in [0.05, 0.1) is 0 Å². The lowest BCUT2D eigenvalue weighted by Crippen LogP contribution is -2.34. The van der Waals surface area contributed by atoms with Gasteiger partial charge in [-0.2, -0.15) is 0 Å². The van der Waals surface area contributed by atoms with Crippen LogP contribution in [0.5, 0.6) is 5.75 Å². The summed E-state index contributed by atoms with van der Waals surface area (Å²) in [6, 6.07) is 13.8. The van der Waals surface area contributed by atoms with Gasteiger partial charge in [-0.15, -0.1) is 0 Å².